The third-order valence-electron chi connectivity index (χ3n) is 5.76. The van der Waals surface area contributed by atoms with Gasteiger partial charge in [0.2, 0.25) is 6.29 Å². The normalized spacial score (nSPS) is 13.0. The number of hydrogen-bond acceptors (Lipinski definition) is 10. The van der Waals surface area contributed by atoms with Gasteiger partial charge in [-0.15, -0.1) is 0 Å². The van der Waals surface area contributed by atoms with E-state index in [1.165, 1.54) is 0 Å². The molecule has 0 bridgehead atoms. The van der Waals surface area contributed by atoms with E-state index in [4.69, 9.17) is 34.3 Å². The Balaban J connectivity index is 0.000000277. The molecule has 2 aliphatic heterocycles. The first kappa shape index (κ1) is 36.5. The number of hydrazine groups is 2. The average molecular weight is 643 g/mol. The number of amides is 3. The van der Waals surface area contributed by atoms with Crippen molar-refractivity contribution in [3.63, 3.8) is 0 Å². The summed E-state index contributed by atoms with van der Waals surface area (Å²) in [4.78, 5) is 44.1. The van der Waals surface area contributed by atoms with Crippen LogP contribution in [0.1, 0.15) is 66.5 Å². The molecule has 5 N–H and O–H groups in total. The van der Waals surface area contributed by atoms with Gasteiger partial charge in [0.15, 0.2) is 23.0 Å². The van der Waals surface area contributed by atoms with Gasteiger partial charge in [0.05, 0.1) is 0 Å². The lowest BCUT2D eigenvalue weighted by molar-refractivity contribution is -0.156. The maximum atomic E-state index is 12.3. The highest BCUT2D eigenvalue weighted by Crippen LogP contribution is 2.37. The number of fused-ring (bicyclic) bond motifs is 2. The van der Waals surface area contributed by atoms with Crippen LogP contribution in [0, 0.1) is 0 Å². The molecule has 45 heavy (non-hydrogen) atoms. The largest absolute Gasteiger partial charge is 0.486 e. The van der Waals surface area contributed by atoms with E-state index in [2.05, 4.69) is 16.3 Å². The Bertz CT molecular complexity index is 1360. The summed E-state index contributed by atoms with van der Waals surface area (Å²) in [7, 11) is 0. The Kier molecular flexibility index (Phi) is 13.3. The molecule has 2 heterocycles. The molecule has 0 saturated heterocycles. The van der Waals surface area contributed by atoms with Crippen LogP contribution < -0.4 is 41.1 Å². The van der Waals surface area contributed by atoms with Gasteiger partial charge in [0.1, 0.15) is 32.0 Å². The Labute approximate surface area is 257 Å². The van der Waals surface area contributed by atoms with Crippen molar-refractivity contribution in [1.29, 1.82) is 0 Å². The van der Waals surface area contributed by atoms with Crippen LogP contribution in [0.15, 0.2) is 24.3 Å². The molecular weight excluding hydrogens is 605 g/mol. The maximum Gasteiger partial charge on any atom is 0.446 e. The number of carbonyl (C=O) groups is 4. The smallest absolute Gasteiger partial charge is 0.446 e. The van der Waals surface area contributed by atoms with Crippen molar-refractivity contribution in [3.8, 4) is 23.0 Å². The zero-order valence-electron chi connectivity index (χ0n) is 25.5. The molecule has 16 heteroatoms. The number of benzene rings is 2. The quantitative estimate of drug-likeness (QED) is 0.167. The van der Waals surface area contributed by atoms with Crippen LogP contribution >= 0.6 is 0 Å². The minimum Gasteiger partial charge on any atom is -0.486 e. The van der Waals surface area contributed by atoms with Gasteiger partial charge in [-0.05, 0) is 57.9 Å². The van der Waals surface area contributed by atoms with Gasteiger partial charge in [-0.1, -0.05) is 13.8 Å². The number of aldehydes is 1. The first-order valence-electron chi connectivity index (χ1n) is 13.8. The number of ether oxygens (including phenoxy) is 5. The van der Waals surface area contributed by atoms with Crippen molar-refractivity contribution in [2.75, 3.05) is 26.4 Å². The molecule has 0 spiro atoms. The predicted molar refractivity (Wildman–Crippen MR) is 154 cm³/mol. The fourth-order valence-electron chi connectivity index (χ4n) is 4.03. The zero-order chi connectivity index (χ0) is 33.8. The lowest BCUT2D eigenvalue weighted by atomic mass is 10.0. The molecule has 0 aliphatic carbocycles. The van der Waals surface area contributed by atoms with E-state index in [1.54, 1.807) is 45.0 Å². The number of nitrogens with two attached hydrogens (primary N) is 1. The molecule has 2 aromatic rings. The zero-order valence-corrected chi connectivity index (χ0v) is 25.5. The first-order chi connectivity index (χ1) is 21.1. The van der Waals surface area contributed by atoms with E-state index in [-0.39, 0.29) is 5.91 Å². The maximum absolute atomic E-state index is 12.3. The summed E-state index contributed by atoms with van der Waals surface area (Å²) in [5.41, 5.74) is 8.60. The van der Waals surface area contributed by atoms with Crippen LogP contribution in [0.4, 0.5) is 18.0 Å². The summed E-state index contributed by atoms with van der Waals surface area (Å²) < 4.78 is 58.4. The first-order valence-corrected chi connectivity index (χ1v) is 13.8. The summed E-state index contributed by atoms with van der Waals surface area (Å²) >= 11 is 0. The van der Waals surface area contributed by atoms with Crippen molar-refractivity contribution in [1.82, 2.24) is 16.3 Å². The van der Waals surface area contributed by atoms with Crippen LogP contribution in [0.5, 0.6) is 23.0 Å². The molecule has 0 aromatic heterocycles. The number of hydrogen-bond donors (Lipinski definition) is 4. The van der Waals surface area contributed by atoms with Crippen molar-refractivity contribution in [3.05, 3.63) is 46.5 Å². The fourth-order valence-corrected chi connectivity index (χ4v) is 4.03. The van der Waals surface area contributed by atoms with Gasteiger partial charge in [0.25, 0.3) is 11.8 Å². The Morgan fingerprint density at radius 1 is 0.800 bits per heavy atom. The van der Waals surface area contributed by atoms with Crippen molar-refractivity contribution < 1.29 is 56.0 Å². The molecule has 0 radical (unpaired) electrons. The van der Waals surface area contributed by atoms with Crippen LogP contribution in [0.25, 0.3) is 0 Å². The molecule has 4 rings (SSSR count). The van der Waals surface area contributed by atoms with Crippen LogP contribution in [-0.4, -0.2) is 62.4 Å². The molecule has 0 unspecified atom stereocenters. The summed E-state index contributed by atoms with van der Waals surface area (Å²) in [5.74, 6) is 6.95. The number of rotatable bonds is 4. The third kappa shape index (κ3) is 11.0. The molecular formula is C29H37F3N4O9. The Hall–Kier alpha value is -4.73. The van der Waals surface area contributed by atoms with E-state index >= 15 is 0 Å². The lowest BCUT2D eigenvalue weighted by Crippen LogP contribution is -2.44. The predicted octanol–water partition coefficient (Wildman–Crippen LogP) is 3.56. The van der Waals surface area contributed by atoms with Crippen LogP contribution in [-0.2, 0) is 22.4 Å². The standard InChI is InChI=1S/C16H22N2O5.C11H14N2O3.C2HF3O/c1-5-10-11(6-7-12-13(10)22-9-8-21-12)14(19)17-18-15(20)23-16(2,3)4;1-2-7-8(11(14)13-12)3-4-9-10(7)16-6-5-15-9;3-2(4,5)1-6/h6-7H,5,8-9H2,1-4H3,(H,17,19)(H,18,20);3-4H,2,5-6,12H2,1H3,(H,13,14);1H. The molecule has 0 fully saturated rings. The molecule has 2 aromatic carbocycles. The number of halogens is 3. The van der Waals surface area contributed by atoms with Crippen LogP contribution in [0.2, 0.25) is 0 Å². The van der Waals surface area contributed by atoms with E-state index in [9.17, 15) is 27.6 Å². The van der Waals surface area contributed by atoms with Gasteiger partial charge < -0.3 is 23.7 Å². The topological polar surface area (TPSA) is 177 Å². The molecule has 0 saturated carbocycles. The highest BCUT2D eigenvalue weighted by Gasteiger charge is 2.25. The van der Waals surface area contributed by atoms with E-state index in [0.29, 0.717) is 73.4 Å². The van der Waals surface area contributed by atoms with Gasteiger partial charge >= 0.3 is 12.3 Å². The molecule has 3 amide bonds. The van der Waals surface area contributed by atoms with Gasteiger partial charge in [-0.25, -0.2) is 16.1 Å². The van der Waals surface area contributed by atoms with E-state index in [0.717, 1.165) is 11.1 Å². The number of nitrogens with one attached hydrogen (secondary N) is 3. The van der Waals surface area contributed by atoms with Gasteiger partial charge in [0, 0.05) is 22.3 Å². The third-order valence-corrected chi connectivity index (χ3v) is 5.76. The Morgan fingerprint density at radius 3 is 1.60 bits per heavy atom. The molecule has 0 atom stereocenters. The highest BCUT2D eigenvalue weighted by molar-refractivity contribution is 5.97. The lowest BCUT2D eigenvalue weighted by Gasteiger charge is -2.23. The number of carbonyl (C=O) groups excluding carboxylic acids is 4. The summed E-state index contributed by atoms with van der Waals surface area (Å²) in [5, 5.41) is 0. The summed E-state index contributed by atoms with van der Waals surface area (Å²) in [6, 6.07) is 6.78. The molecule has 2 aliphatic rings. The molecule has 13 nitrogen and oxygen atoms in total. The summed E-state index contributed by atoms with van der Waals surface area (Å²) in [6.07, 6.45) is -5.13. The minimum absolute atomic E-state index is 0.311. The Morgan fingerprint density at radius 2 is 1.22 bits per heavy atom. The SMILES string of the molecule is CCc1c(C(=O)NN)ccc2c1OCCO2.CCc1c(C(=O)NNC(=O)OC(C)(C)C)ccc2c1OCCO2.O=CC(F)(F)F. The van der Waals surface area contributed by atoms with Crippen molar-refractivity contribution in [2.24, 2.45) is 5.84 Å². The van der Waals surface area contributed by atoms with Crippen molar-refractivity contribution >= 4 is 24.2 Å². The summed E-state index contributed by atoms with van der Waals surface area (Å²) in [6.45, 7) is 11.1. The number of nitrogen functional groups attached to an aromatic ring is 1. The second-order valence-corrected chi connectivity index (χ2v) is 10.2. The van der Waals surface area contributed by atoms with E-state index in [1.807, 2.05) is 13.8 Å². The van der Waals surface area contributed by atoms with Gasteiger partial charge in [-0.2, -0.15) is 13.2 Å². The van der Waals surface area contributed by atoms with E-state index < -0.39 is 30.1 Å². The van der Waals surface area contributed by atoms with Gasteiger partial charge in [-0.3, -0.25) is 25.2 Å². The monoisotopic (exact) mass is 642 g/mol. The molecule has 248 valence electrons. The second-order valence-electron chi connectivity index (χ2n) is 10.2. The van der Waals surface area contributed by atoms with Crippen molar-refractivity contribution in [2.45, 2.75) is 59.2 Å². The second kappa shape index (κ2) is 16.4. The average Bonchev–Trinajstić information content (AvgIpc) is 3.01. The highest BCUT2D eigenvalue weighted by atomic mass is 19.4. The number of alkyl halides is 3. The fraction of sp³-hybridized carbons (Fsp3) is 0.448. The minimum atomic E-state index is -4.64. The van der Waals surface area contributed by atoms with Crippen LogP contribution in [0.3, 0.4) is 0 Å².